The molecule has 0 aliphatic carbocycles. The molecule has 0 saturated carbocycles. The summed E-state index contributed by atoms with van der Waals surface area (Å²) in [6.07, 6.45) is 0. The maximum Gasteiger partial charge on any atom is 0.136 e. The van der Waals surface area contributed by atoms with Crippen LogP contribution < -0.4 is 5.73 Å². The summed E-state index contributed by atoms with van der Waals surface area (Å²) in [5.41, 5.74) is 7.01. The molecule has 1 rings (SSSR count). The molecule has 0 amide bonds. The van der Waals surface area contributed by atoms with Gasteiger partial charge < -0.3 is 5.73 Å². The number of aromatic nitrogens is 2. The predicted molar refractivity (Wildman–Crippen MR) is 58.5 cm³/mol. The Morgan fingerprint density at radius 3 is 2.31 bits per heavy atom. The summed E-state index contributed by atoms with van der Waals surface area (Å²) < 4.78 is 2.76. The zero-order valence-electron chi connectivity index (χ0n) is 8.56. The number of anilines is 1. The predicted octanol–water partition coefficient (Wildman–Crippen LogP) is 2.58. The van der Waals surface area contributed by atoms with E-state index in [1.807, 2.05) is 11.6 Å². The molecule has 2 N–H and O–H groups in total. The minimum Gasteiger partial charge on any atom is -0.383 e. The van der Waals surface area contributed by atoms with Crippen LogP contribution in [0.25, 0.3) is 0 Å². The Balaban J connectivity index is 2.97. The van der Waals surface area contributed by atoms with Crippen molar-refractivity contribution in [1.29, 1.82) is 0 Å². The highest BCUT2D eigenvalue weighted by Gasteiger charge is 2.16. The minimum absolute atomic E-state index is 0.200. The third-order valence-electron chi connectivity index (χ3n) is 1.72. The Bertz CT molecular complexity index is 309. The van der Waals surface area contributed by atoms with Crippen molar-refractivity contribution in [2.45, 2.75) is 34.2 Å². The van der Waals surface area contributed by atoms with Gasteiger partial charge in [-0.3, -0.25) is 0 Å². The second-order valence-electron chi connectivity index (χ2n) is 4.50. The van der Waals surface area contributed by atoms with Crippen molar-refractivity contribution in [2.75, 3.05) is 5.73 Å². The molecule has 0 aliphatic heterocycles. The van der Waals surface area contributed by atoms with Gasteiger partial charge in [0.15, 0.2) is 0 Å². The topological polar surface area (TPSA) is 43.8 Å². The first-order valence-corrected chi connectivity index (χ1v) is 5.09. The maximum absolute atomic E-state index is 5.86. The molecule has 0 radical (unpaired) electrons. The molecule has 1 aromatic heterocycles. The van der Waals surface area contributed by atoms with Crippen LogP contribution in [0.4, 0.5) is 5.82 Å². The summed E-state index contributed by atoms with van der Waals surface area (Å²) in [6.45, 7) is 9.27. The molecular formula is C9H16BrN3. The Labute approximate surface area is 87.4 Å². The van der Waals surface area contributed by atoms with Gasteiger partial charge in [-0.2, -0.15) is 5.10 Å². The molecule has 0 bridgehead atoms. The van der Waals surface area contributed by atoms with E-state index in [1.54, 1.807) is 0 Å². The molecule has 0 aliphatic rings. The van der Waals surface area contributed by atoms with Crippen LogP contribution in [0.1, 0.15) is 26.5 Å². The average Bonchev–Trinajstić information content (AvgIpc) is 2.15. The van der Waals surface area contributed by atoms with E-state index in [-0.39, 0.29) is 5.41 Å². The summed E-state index contributed by atoms with van der Waals surface area (Å²) in [6, 6.07) is 0. The maximum atomic E-state index is 5.86. The van der Waals surface area contributed by atoms with Gasteiger partial charge in [0.25, 0.3) is 0 Å². The molecule has 1 aromatic rings. The van der Waals surface area contributed by atoms with E-state index in [9.17, 15) is 0 Å². The molecule has 0 spiro atoms. The van der Waals surface area contributed by atoms with Gasteiger partial charge in [0.2, 0.25) is 0 Å². The summed E-state index contributed by atoms with van der Waals surface area (Å²) >= 11 is 3.40. The molecule has 74 valence electrons. The summed E-state index contributed by atoms with van der Waals surface area (Å²) in [4.78, 5) is 0. The van der Waals surface area contributed by atoms with E-state index < -0.39 is 0 Å². The van der Waals surface area contributed by atoms with Crippen molar-refractivity contribution in [3.05, 3.63) is 10.2 Å². The molecule has 0 aromatic carbocycles. The van der Waals surface area contributed by atoms with E-state index >= 15 is 0 Å². The monoisotopic (exact) mass is 245 g/mol. The number of nitrogens with two attached hydrogens (primary N) is 1. The van der Waals surface area contributed by atoms with Crippen LogP contribution in [0, 0.1) is 12.3 Å². The van der Waals surface area contributed by atoms with E-state index in [1.165, 1.54) is 0 Å². The third kappa shape index (κ3) is 2.46. The molecule has 13 heavy (non-hydrogen) atoms. The number of aryl methyl sites for hydroxylation is 1. The first-order chi connectivity index (χ1) is 5.81. The fourth-order valence-electron chi connectivity index (χ4n) is 1.15. The van der Waals surface area contributed by atoms with Crippen LogP contribution in [0.5, 0.6) is 0 Å². The van der Waals surface area contributed by atoms with E-state index in [0.717, 1.165) is 16.7 Å². The lowest BCUT2D eigenvalue weighted by molar-refractivity contribution is 0.327. The number of hydrogen-bond acceptors (Lipinski definition) is 2. The SMILES string of the molecule is Cc1nn(CC(C)(C)C)c(N)c1Br. The smallest absolute Gasteiger partial charge is 0.136 e. The number of rotatable bonds is 1. The second-order valence-corrected chi connectivity index (χ2v) is 5.30. The summed E-state index contributed by atoms with van der Waals surface area (Å²) in [5.74, 6) is 0.715. The summed E-state index contributed by atoms with van der Waals surface area (Å²) in [7, 11) is 0. The largest absolute Gasteiger partial charge is 0.383 e. The Morgan fingerprint density at radius 2 is 2.00 bits per heavy atom. The van der Waals surface area contributed by atoms with E-state index in [0.29, 0.717) is 5.82 Å². The molecular weight excluding hydrogens is 230 g/mol. The lowest BCUT2D eigenvalue weighted by Gasteiger charge is -2.18. The molecule has 0 unspecified atom stereocenters. The number of nitrogen functional groups attached to an aromatic ring is 1. The van der Waals surface area contributed by atoms with Crippen LogP contribution in [0.3, 0.4) is 0 Å². The van der Waals surface area contributed by atoms with Gasteiger partial charge in [0.1, 0.15) is 5.82 Å². The van der Waals surface area contributed by atoms with Gasteiger partial charge in [0, 0.05) is 6.54 Å². The molecule has 1 heterocycles. The number of hydrogen-bond donors (Lipinski definition) is 1. The molecule has 3 nitrogen and oxygen atoms in total. The highest BCUT2D eigenvalue weighted by atomic mass is 79.9. The van der Waals surface area contributed by atoms with Crippen molar-refractivity contribution in [3.63, 3.8) is 0 Å². The quantitative estimate of drug-likeness (QED) is 0.827. The van der Waals surface area contributed by atoms with E-state index in [4.69, 9.17) is 5.73 Å². The Morgan fingerprint density at radius 1 is 1.46 bits per heavy atom. The second kappa shape index (κ2) is 3.33. The zero-order chi connectivity index (χ0) is 10.2. The molecule has 4 heteroatoms. The summed E-state index contributed by atoms with van der Waals surface area (Å²) in [5, 5.41) is 4.34. The number of halogens is 1. The van der Waals surface area contributed by atoms with Crippen LogP contribution >= 0.6 is 15.9 Å². The van der Waals surface area contributed by atoms with Crippen LogP contribution in [0.2, 0.25) is 0 Å². The van der Waals surface area contributed by atoms with Crippen LogP contribution in [0.15, 0.2) is 4.47 Å². The lowest BCUT2D eigenvalue weighted by Crippen LogP contribution is -2.18. The zero-order valence-corrected chi connectivity index (χ0v) is 10.1. The number of nitrogens with zero attached hydrogens (tertiary/aromatic N) is 2. The van der Waals surface area contributed by atoms with Crippen LogP contribution in [-0.2, 0) is 6.54 Å². The van der Waals surface area contributed by atoms with Gasteiger partial charge in [-0.05, 0) is 28.3 Å². The highest BCUT2D eigenvalue weighted by molar-refractivity contribution is 9.10. The Kier molecular flexibility index (Phi) is 2.71. The standard InChI is InChI=1S/C9H16BrN3/c1-6-7(10)8(11)13(12-6)5-9(2,3)4/h5,11H2,1-4H3. The molecule has 0 fully saturated rings. The minimum atomic E-state index is 0.200. The third-order valence-corrected chi connectivity index (χ3v) is 2.70. The lowest BCUT2D eigenvalue weighted by atomic mass is 9.97. The van der Waals surface area contributed by atoms with Crippen molar-refractivity contribution < 1.29 is 0 Å². The van der Waals surface area contributed by atoms with Gasteiger partial charge in [0.05, 0.1) is 10.2 Å². The first-order valence-electron chi connectivity index (χ1n) is 4.29. The van der Waals surface area contributed by atoms with Crippen molar-refractivity contribution >= 4 is 21.7 Å². The molecule has 0 saturated heterocycles. The van der Waals surface area contributed by atoms with Gasteiger partial charge >= 0.3 is 0 Å². The highest BCUT2D eigenvalue weighted by Crippen LogP contribution is 2.26. The van der Waals surface area contributed by atoms with Gasteiger partial charge in [-0.25, -0.2) is 4.68 Å². The van der Waals surface area contributed by atoms with Crippen LogP contribution in [-0.4, -0.2) is 9.78 Å². The van der Waals surface area contributed by atoms with Crippen molar-refractivity contribution in [1.82, 2.24) is 9.78 Å². The average molecular weight is 246 g/mol. The van der Waals surface area contributed by atoms with Gasteiger partial charge in [-0.1, -0.05) is 20.8 Å². The van der Waals surface area contributed by atoms with Crippen molar-refractivity contribution in [3.8, 4) is 0 Å². The van der Waals surface area contributed by atoms with E-state index in [2.05, 4.69) is 41.8 Å². The van der Waals surface area contributed by atoms with Gasteiger partial charge in [-0.15, -0.1) is 0 Å². The normalized spacial score (nSPS) is 12.1. The van der Waals surface area contributed by atoms with Crippen molar-refractivity contribution in [2.24, 2.45) is 5.41 Å². The fraction of sp³-hybridized carbons (Fsp3) is 0.667. The Hall–Kier alpha value is -0.510. The molecule has 0 atom stereocenters. The first kappa shape index (κ1) is 10.6. The fourth-order valence-corrected chi connectivity index (χ4v) is 1.43.